The van der Waals surface area contributed by atoms with E-state index in [1.807, 2.05) is 53.8 Å². The zero-order valence-electron chi connectivity index (χ0n) is 14.1. The first-order valence-electron chi connectivity index (χ1n) is 8.13. The van der Waals surface area contributed by atoms with Crippen molar-refractivity contribution in [2.75, 3.05) is 5.32 Å². The summed E-state index contributed by atoms with van der Waals surface area (Å²) in [6.45, 7) is 2.53. The molecule has 0 atom stereocenters. The molecule has 7 heteroatoms. The molecule has 0 bridgehead atoms. The molecule has 26 heavy (non-hydrogen) atoms. The topological polar surface area (TPSA) is 64.2 Å². The average Bonchev–Trinajstić information content (AvgIpc) is 3.25. The molecule has 3 heterocycles. The van der Waals surface area contributed by atoms with E-state index < -0.39 is 0 Å². The van der Waals surface area contributed by atoms with Crippen molar-refractivity contribution in [3.05, 3.63) is 82.3 Å². The van der Waals surface area contributed by atoms with E-state index in [4.69, 9.17) is 0 Å². The fraction of sp³-hybridized carbons (Fsp3) is 0.105. The van der Waals surface area contributed by atoms with E-state index in [0.29, 0.717) is 18.1 Å². The van der Waals surface area contributed by atoms with Crippen LogP contribution >= 0.6 is 15.9 Å². The number of pyridine rings is 1. The van der Waals surface area contributed by atoms with Crippen LogP contribution in [0.25, 0.3) is 5.65 Å². The molecule has 0 saturated carbocycles. The Morgan fingerprint density at radius 3 is 2.81 bits per heavy atom. The molecule has 4 rings (SSSR count). The third kappa shape index (κ3) is 3.13. The summed E-state index contributed by atoms with van der Waals surface area (Å²) in [5.41, 5.74) is 3.22. The number of hydrogen-bond donors (Lipinski definition) is 1. The second-order valence-corrected chi connectivity index (χ2v) is 6.80. The number of aryl methyl sites for hydroxylation is 1. The summed E-state index contributed by atoms with van der Waals surface area (Å²) in [5.74, 6) is 0.363. The lowest BCUT2D eigenvalue weighted by atomic mass is 10.2. The van der Waals surface area contributed by atoms with Gasteiger partial charge in [0.25, 0.3) is 5.91 Å². The lowest BCUT2D eigenvalue weighted by Gasteiger charge is -2.09. The Morgan fingerprint density at radius 2 is 2.00 bits per heavy atom. The first-order valence-corrected chi connectivity index (χ1v) is 8.92. The molecular formula is C19H16BrN5O. The minimum absolute atomic E-state index is 0.262. The molecular weight excluding hydrogens is 394 g/mol. The summed E-state index contributed by atoms with van der Waals surface area (Å²) in [5, 5.41) is 7.21. The van der Waals surface area contributed by atoms with Crippen LogP contribution < -0.4 is 5.32 Å². The van der Waals surface area contributed by atoms with Gasteiger partial charge in [-0.1, -0.05) is 40.2 Å². The fourth-order valence-corrected chi connectivity index (χ4v) is 3.20. The number of nitrogens with one attached hydrogen (secondary N) is 1. The highest BCUT2D eigenvalue weighted by molar-refractivity contribution is 9.10. The molecule has 4 aromatic rings. The molecule has 1 N–H and O–H groups in total. The minimum atomic E-state index is -0.262. The maximum Gasteiger partial charge on any atom is 0.277 e. The van der Waals surface area contributed by atoms with E-state index in [1.54, 1.807) is 23.1 Å². The molecule has 0 fully saturated rings. The quantitative estimate of drug-likeness (QED) is 0.555. The van der Waals surface area contributed by atoms with E-state index in [9.17, 15) is 4.79 Å². The Balaban J connectivity index is 1.57. The van der Waals surface area contributed by atoms with Crippen molar-refractivity contribution in [1.29, 1.82) is 0 Å². The van der Waals surface area contributed by atoms with E-state index >= 15 is 0 Å². The summed E-state index contributed by atoms with van der Waals surface area (Å²) < 4.78 is 4.65. The first-order chi connectivity index (χ1) is 12.6. The number of halogens is 1. The average molecular weight is 410 g/mol. The number of hydrogen-bond acceptors (Lipinski definition) is 3. The van der Waals surface area contributed by atoms with Gasteiger partial charge in [-0.2, -0.15) is 5.10 Å². The lowest BCUT2D eigenvalue weighted by molar-refractivity contribution is 0.102. The van der Waals surface area contributed by atoms with E-state index in [-0.39, 0.29) is 5.91 Å². The molecule has 0 spiro atoms. The van der Waals surface area contributed by atoms with Gasteiger partial charge in [0.1, 0.15) is 17.2 Å². The Labute approximate surface area is 158 Å². The third-order valence-electron chi connectivity index (χ3n) is 4.16. The second-order valence-electron chi connectivity index (χ2n) is 5.94. The van der Waals surface area contributed by atoms with E-state index in [2.05, 4.69) is 31.3 Å². The number of rotatable bonds is 4. The smallest absolute Gasteiger partial charge is 0.277 e. The maximum atomic E-state index is 12.6. The van der Waals surface area contributed by atoms with Crippen LogP contribution in [0.3, 0.4) is 0 Å². The maximum absolute atomic E-state index is 12.6. The van der Waals surface area contributed by atoms with Crippen molar-refractivity contribution >= 4 is 33.3 Å². The molecule has 0 radical (unpaired) electrons. The standard InChI is InChI=1S/C19H16BrN5O/c1-13-5-4-8-17-22-16(12-24(13)17)19(26)23-18-9-10-21-25(18)11-14-6-2-3-7-15(14)20/h2-10,12H,11H2,1H3,(H,23,26). The van der Waals surface area contributed by atoms with Crippen molar-refractivity contribution in [2.45, 2.75) is 13.5 Å². The van der Waals surface area contributed by atoms with Crippen LogP contribution in [0.4, 0.5) is 5.82 Å². The van der Waals surface area contributed by atoms with Crippen LogP contribution in [0.2, 0.25) is 0 Å². The van der Waals surface area contributed by atoms with Crippen LogP contribution in [0.5, 0.6) is 0 Å². The zero-order chi connectivity index (χ0) is 18.1. The summed E-state index contributed by atoms with van der Waals surface area (Å²) in [4.78, 5) is 17.0. The van der Waals surface area contributed by atoms with Gasteiger partial charge < -0.3 is 9.72 Å². The number of nitrogens with zero attached hydrogens (tertiary/aromatic N) is 4. The molecule has 0 aliphatic heterocycles. The number of fused-ring (bicyclic) bond motifs is 1. The predicted octanol–water partition coefficient (Wildman–Crippen LogP) is 3.90. The van der Waals surface area contributed by atoms with E-state index in [0.717, 1.165) is 21.4 Å². The molecule has 1 aromatic carbocycles. The Bertz CT molecular complexity index is 1100. The first kappa shape index (κ1) is 16.5. The second kappa shape index (κ2) is 6.76. The van der Waals surface area contributed by atoms with Gasteiger partial charge in [-0.05, 0) is 30.7 Å². The van der Waals surface area contributed by atoms with Crippen LogP contribution in [-0.2, 0) is 6.54 Å². The summed E-state index contributed by atoms with van der Waals surface area (Å²) in [7, 11) is 0. The number of aromatic nitrogens is 4. The number of anilines is 1. The minimum Gasteiger partial charge on any atom is -0.305 e. The molecule has 3 aromatic heterocycles. The molecule has 0 aliphatic carbocycles. The van der Waals surface area contributed by atoms with Gasteiger partial charge >= 0.3 is 0 Å². The predicted molar refractivity (Wildman–Crippen MR) is 103 cm³/mol. The highest BCUT2D eigenvalue weighted by atomic mass is 79.9. The molecule has 0 aliphatic rings. The van der Waals surface area contributed by atoms with Gasteiger partial charge in [-0.15, -0.1) is 0 Å². The van der Waals surface area contributed by atoms with Crippen molar-refractivity contribution in [3.8, 4) is 0 Å². The van der Waals surface area contributed by atoms with Gasteiger partial charge in [0.2, 0.25) is 0 Å². The number of amides is 1. The Kier molecular flexibility index (Phi) is 4.30. The Hall–Kier alpha value is -2.93. The van der Waals surface area contributed by atoms with Crippen LogP contribution in [0.1, 0.15) is 21.7 Å². The molecule has 6 nitrogen and oxygen atoms in total. The van der Waals surface area contributed by atoms with Crippen LogP contribution in [0, 0.1) is 6.92 Å². The molecule has 130 valence electrons. The van der Waals surface area contributed by atoms with Gasteiger partial charge in [-0.25, -0.2) is 9.67 Å². The molecule has 0 unspecified atom stereocenters. The van der Waals surface area contributed by atoms with Crippen molar-refractivity contribution in [1.82, 2.24) is 19.2 Å². The highest BCUT2D eigenvalue weighted by Gasteiger charge is 2.14. The van der Waals surface area contributed by atoms with Crippen molar-refractivity contribution in [2.24, 2.45) is 0 Å². The normalized spacial score (nSPS) is 11.0. The molecule has 0 saturated heterocycles. The fourth-order valence-electron chi connectivity index (χ4n) is 2.79. The lowest BCUT2D eigenvalue weighted by Crippen LogP contribution is -2.16. The van der Waals surface area contributed by atoms with Crippen molar-refractivity contribution in [3.63, 3.8) is 0 Å². The van der Waals surface area contributed by atoms with Crippen LogP contribution in [-0.4, -0.2) is 25.1 Å². The van der Waals surface area contributed by atoms with Crippen molar-refractivity contribution < 1.29 is 4.79 Å². The van der Waals surface area contributed by atoms with Crippen LogP contribution in [0.15, 0.2) is 65.4 Å². The van der Waals surface area contributed by atoms with E-state index in [1.165, 1.54) is 0 Å². The van der Waals surface area contributed by atoms with Gasteiger partial charge in [0.15, 0.2) is 0 Å². The van der Waals surface area contributed by atoms with Gasteiger partial charge in [0.05, 0.1) is 12.7 Å². The van der Waals surface area contributed by atoms with Gasteiger partial charge in [-0.3, -0.25) is 4.79 Å². The molecule has 1 amide bonds. The summed E-state index contributed by atoms with van der Waals surface area (Å²) in [6.07, 6.45) is 3.41. The number of carbonyl (C=O) groups is 1. The zero-order valence-corrected chi connectivity index (χ0v) is 15.6. The van der Waals surface area contributed by atoms with Gasteiger partial charge in [0, 0.05) is 22.4 Å². The Morgan fingerprint density at radius 1 is 1.15 bits per heavy atom. The highest BCUT2D eigenvalue weighted by Crippen LogP contribution is 2.19. The number of imidazole rings is 1. The largest absolute Gasteiger partial charge is 0.305 e. The SMILES string of the molecule is Cc1cccc2nc(C(=O)Nc3ccnn3Cc3ccccc3Br)cn12. The number of benzene rings is 1. The number of carbonyl (C=O) groups excluding carboxylic acids is 1. The summed E-state index contributed by atoms with van der Waals surface area (Å²) >= 11 is 3.54. The monoisotopic (exact) mass is 409 g/mol. The summed E-state index contributed by atoms with van der Waals surface area (Å²) in [6, 6.07) is 15.5. The third-order valence-corrected chi connectivity index (χ3v) is 4.94.